The second kappa shape index (κ2) is 5.85. The molecule has 0 spiro atoms. The number of hydrogen-bond acceptors (Lipinski definition) is 3. The summed E-state index contributed by atoms with van der Waals surface area (Å²) in [5.74, 6) is 0.485. The molecule has 110 valence electrons. The molecule has 2 atom stereocenters. The van der Waals surface area contributed by atoms with Crippen LogP contribution in [0.15, 0.2) is 16.9 Å². The number of piperidine rings is 1. The molecule has 1 aromatic rings. The largest absolute Gasteiger partial charge is 0.342 e. The number of amides is 1. The number of nitrogens with zero attached hydrogens (tertiary/aromatic N) is 3. The van der Waals surface area contributed by atoms with Crippen LogP contribution in [0.2, 0.25) is 0 Å². The third kappa shape index (κ3) is 2.91. The van der Waals surface area contributed by atoms with Gasteiger partial charge in [-0.2, -0.15) is 5.10 Å². The predicted octanol–water partition coefficient (Wildman–Crippen LogP) is 1.94. The molecule has 0 aromatic carbocycles. The molecule has 6 heteroatoms. The highest BCUT2D eigenvalue weighted by atomic mass is 79.9. The van der Waals surface area contributed by atoms with E-state index in [2.05, 4.69) is 21.0 Å². The second-order valence-corrected chi connectivity index (χ2v) is 6.88. The molecule has 2 N–H and O–H groups in total. The standard InChI is InChI=1S/C14H21BrN4O/c15-11-8-17-19(9-11)13-3-5-18(6-4-13)14(20)10-1-2-12(16)7-10/h8-10,12-13H,1-7,16H2. The third-order valence-electron chi connectivity index (χ3n) is 4.54. The number of aromatic nitrogens is 2. The van der Waals surface area contributed by atoms with Gasteiger partial charge in [0.15, 0.2) is 0 Å². The lowest BCUT2D eigenvalue weighted by atomic mass is 10.0. The lowest BCUT2D eigenvalue weighted by Crippen LogP contribution is -2.42. The Hall–Kier alpha value is -0.880. The summed E-state index contributed by atoms with van der Waals surface area (Å²) in [5.41, 5.74) is 5.91. The number of likely N-dealkylation sites (tertiary alicyclic amines) is 1. The van der Waals surface area contributed by atoms with Crippen LogP contribution in [0.3, 0.4) is 0 Å². The summed E-state index contributed by atoms with van der Waals surface area (Å²) in [7, 11) is 0. The number of carbonyl (C=O) groups is 1. The average Bonchev–Trinajstić information content (AvgIpc) is 3.07. The van der Waals surface area contributed by atoms with E-state index in [4.69, 9.17) is 5.73 Å². The predicted molar refractivity (Wildman–Crippen MR) is 80.1 cm³/mol. The van der Waals surface area contributed by atoms with Gasteiger partial charge in [-0.25, -0.2) is 0 Å². The van der Waals surface area contributed by atoms with E-state index in [0.29, 0.717) is 11.9 Å². The molecule has 1 aliphatic carbocycles. The maximum absolute atomic E-state index is 12.4. The van der Waals surface area contributed by atoms with E-state index in [1.807, 2.05) is 22.0 Å². The van der Waals surface area contributed by atoms with Gasteiger partial charge in [0.1, 0.15) is 0 Å². The van der Waals surface area contributed by atoms with Gasteiger partial charge in [0.05, 0.1) is 16.7 Å². The highest BCUT2D eigenvalue weighted by Gasteiger charge is 2.33. The van der Waals surface area contributed by atoms with Crippen LogP contribution in [0.1, 0.15) is 38.1 Å². The first-order valence-corrected chi connectivity index (χ1v) is 8.17. The molecule has 2 heterocycles. The van der Waals surface area contributed by atoms with Crippen LogP contribution >= 0.6 is 15.9 Å². The first kappa shape index (κ1) is 14.1. The summed E-state index contributed by atoms with van der Waals surface area (Å²) >= 11 is 3.42. The Labute approximate surface area is 127 Å². The van der Waals surface area contributed by atoms with Gasteiger partial charge in [-0.3, -0.25) is 9.48 Å². The van der Waals surface area contributed by atoms with Crippen molar-refractivity contribution in [1.82, 2.24) is 14.7 Å². The maximum Gasteiger partial charge on any atom is 0.225 e. The van der Waals surface area contributed by atoms with Gasteiger partial charge in [-0.05, 0) is 48.0 Å². The number of hydrogen-bond donors (Lipinski definition) is 1. The van der Waals surface area contributed by atoms with Crippen LogP contribution in [0.4, 0.5) is 0 Å². The number of carbonyl (C=O) groups excluding carboxylic acids is 1. The molecule has 5 nitrogen and oxygen atoms in total. The number of rotatable bonds is 2. The van der Waals surface area contributed by atoms with Crippen molar-refractivity contribution in [2.45, 2.75) is 44.2 Å². The van der Waals surface area contributed by atoms with Crippen molar-refractivity contribution in [3.63, 3.8) is 0 Å². The molecule has 20 heavy (non-hydrogen) atoms. The first-order chi connectivity index (χ1) is 9.63. The van der Waals surface area contributed by atoms with Crippen molar-refractivity contribution in [2.24, 2.45) is 11.7 Å². The molecule has 1 aromatic heterocycles. The van der Waals surface area contributed by atoms with E-state index in [9.17, 15) is 4.79 Å². The highest BCUT2D eigenvalue weighted by molar-refractivity contribution is 9.10. The smallest absolute Gasteiger partial charge is 0.225 e. The van der Waals surface area contributed by atoms with Gasteiger partial charge in [0, 0.05) is 31.2 Å². The van der Waals surface area contributed by atoms with Crippen molar-refractivity contribution in [3.05, 3.63) is 16.9 Å². The van der Waals surface area contributed by atoms with Gasteiger partial charge in [0.2, 0.25) is 5.91 Å². The fourth-order valence-electron chi connectivity index (χ4n) is 3.36. The Balaban J connectivity index is 1.54. The van der Waals surface area contributed by atoms with Gasteiger partial charge in [-0.1, -0.05) is 0 Å². The lowest BCUT2D eigenvalue weighted by Gasteiger charge is -2.33. The number of nitrogens with two attached hydrogens (primary N) is 1. The van der Waals surface area contributed by atoms with E-state index < -0.39 is 0 Å². The summed E-state index contributed by atoms with van der Waals surface area (Å²) in [4.78, 5) is 14.5. The van der Waals surface area contributed by atoms with E-state index in [-0.39, 0.29) is 12.0 Å². The van der Waals surface area contributed by atoms with Crippen molar-refractivity contribution in [2.75, 3.05) is 13.1 Å². The summed E-state index contributed by atoms with van der Waals surface area (Å²) in [6.45, 7) is 1.68. The fourth-order valence-corrected chi connectivity index (χ4v) is 3.67. The Kier molecular flexibility index (Phi) is 4.12. The number of halogens is 1. The molecule has 1 saturated heterocycles. The van der Waals surface area contributed by atoms with E-state index in [1.54, 1.807) is 0 Å². The van der Waals surface area contributed by atoms with Crippen molar-refractivity contribution < 1.29 is 4.79 Å². The molecule has 1 aliphatic heterocycles. The second-order valence-electron chi connectivity index (χ2n) is 5.97. The van der Waals surface area contributed by atoms with Crippen molar-refractivity contribution >= 4 is 21.8 Å². The zero-order valence-corrected chi connectivity index (χ0v) is 13.1. The minimum absolute atomic E-state index is 0.167. The van der Waals surface area contributed by atoms with Crippen LogP contribution in [0.5, 0.6) is 0 Å². The zero-order chi connectivity index (χ0) is 14.1. The van der Waals surface area contributed by atoms with E-state index in [1.165, 1.54) is 0 Å². The summed E-state index contributed by atoms with van der Waals surface area (Å²) < 4.78 is 3.02. The van der Waals surface area contributed by atoms with Gasteiger partial charge < -0.3 is 10.6 Å². The summed E-state index contributed by atoms with van der Waals surface area (Å²) in [6.07, 6.45) is 8.62. The van der Waals surface area contributed by atoms with Crippen LogP contribution in [0.25, 0.3) is 0 Å². The van der Waals surface area contributed by atoms with E-state index in [0.717, 1.165) is 49.7 Å². The Morgan fingerprint density at radius 1 is 1.30 bits per heavy atom. The quantitative estimate of drug-likeness (QED) is 0.894. The molecule has 2 unspecified atom stereocenters. The molecule has 1 amide bonds. The van der Waals surface area contributed by atoms with Crippen molar-refractivity contribution in [3.8, 4) is 0 Å². The molecule has 2 aliphatic rings. The first-order valence-electron chi connectivity index (χ1n) is 7.37. The SMILES string of the molecule is NC1CCC(C(=O)N2CCC(n3cc(Br)cn3)CC2)C1. The molecule has 2 fully saturated rings. The minimum atomic E-state index is 0.167. The van der Waals surface area contributed by atoms with Crippen molar-refractivity contribution in [1.29, 1.82) is 0 Å². The lowest BCUT2D eigenvalue weighted by molar-refractivity contribution is -0.136. The normalized spacial score (nSPS) is 28.0. The van der Waals surface area contributed by atoms with E-state index >= 15 is 0 Å². The molecule has 3 rings (SSSR count). The van der Waals surface area contributed by atoms with Crippen LogP contribution in [0, 0.1) is 5.92 Å². The fraction of sp³-hybridized carbons (Fsp3) is 0.714. The third-order valence-corrected chi connectivity index (χ3v) is 4.95. The topological polar surface area (TPSA) is 64.2 Å². The molecule has 0 bridgehead atoms. The summed E-state index contributed by atoms with van der Waals surface area (Å²) in [6, 6.07) is 0.638. The Morgan fingerprint density at radius 2 is 2.05 bits per heavy atom. The zero-order valence-electron chi connectivity index (χ0n) is 11.5. The maximum atomic E-state index is 12.4. The highest BCUT2D eigenvalue weighted by Crippen LogP contribution is 2.29. The van der Waals surface area contributed by atoms with Gasteiger partial charge in [-0.15, -0.1) is 0 Å². The summed E-state index contributed by atoms with van der Waals surface area (Å²) in [5, 5.41) is 4.35. The molecule has 1 saturated carbocycles. The molecular formula is C14H21BrN4O. The Morgan fingerprint density at radius 3 is 2.60 bits per heavy atom. The Bertz CT molecular complexity index is 481. The van der Waals surface area contributed by atoms with Gasteiger partial charge in [0.25, 0.3) is 0 Å². The van der Waals surface area contributed by atoms with Crippen LogP contribution < -0.4 is 5.73 Å². The van der Waals surface area contributed by atoms with Crippen LogP contribution in [-0.4, -0.2) is 39.7 Å². The minimum Gasteiger partial charge on any atom is -0.342 e. The average molecular weight is 341 g/mol. The molecule has 0 radical (unpaired) electrons. The van der Waals surface area contributed by atoms with Gasteiger partial charge >= 0.3 is 0 Å². The monoisotopic (exact) mass is 340 g/mol. The molecular weight excluding hydrogens is 320 g/mol. The van der Waals surface area contributed by atoms with Crippen LogP contribution in [-0.2, 0) is 4.79 Å².